The van der Waals surface area contributed by atoms with Gasteiger partial charge in [0.25, 0.3) is 0 Å². The Kier molecular flexibility index (Phi) is 3.36. The topological polar surface area (TPSA) is 33.0 Å². The highest BCUT2D eigenvalue weighted by Gasteiger charge is 2.01. The number of hydrogen-bond acceptors (Lipinski definition) is 2. The van der Waals surface area contributed by atoms with Crippen molar-refractivity contribution >= 4 is 11.6 Å². The van der Waals surface area contributed by atoms with Gasteiger partial charge in [0, 0.05) is 0 Å². The maximum atomic E-state index is 8.56. The fraction of sp³-hybridized carbons (Fsp3) is 0.100. The van der Waals surface area contributed by atoms with Crippen LogP contribution in [0.2, 0.25) is 5.02 Å². The lowest BCUT2D eigenvalue weighted by Crippen LogP contribution is -1.93. The fourth-order valence-corrected chi connectivity index (χ4v) is 1.07. The average molecular weight is 194 g/mol. The molecule has 13 heavy (non-hydrogen) atoms. The summed E-state index contributed by atoms with van der Waals surface area (Å²) in [6.45, 7) is 3.93. The third-order valence-corrected chi connectivity index (χ3v) is 1.71. The van der Waals surface area contributed by atoms with Crippen molar-refractivity contribution in [2.75, 3.05) is 6.61 Å². The quantitative estimate of drug-likeness (QED) is 0.692. The first-order chi connectivity index (χ1) is 6.27. The number of nitriles is 1. The van der Waals surface area contributed by atoms with Gasteiger partial charge in [-0.2, -0.15) is 5.26 Å². The van der Waals surface area contributed by atoms with Gasteiger partial charge in [0.15, 0.2) is 0 Å². The Balaban J connectivity index is 2.86. The molecule has 0 fully saturated rings. The molecule has 0 aliphatic rings. The third kappa shape index (κ3) is 2.50. The summed E-state index contributed by atoms with van der Waals surface area (Å²) in [5.74, 6) is 0.570. The molecule has 0 radical (unpaired) electrons. The van der Waals surface area contributed by atoms with Crippen molar-refractivity contribution in [3.63, 3.8) is 0 Å². The second-order valence-corrected chi connectivity index (χ2v) is 2.76. The number of halogens is 1. The summed E-state index contributed by atoms with van der Waals surface area (Å²) in [5, 5.41) is 9.01. The van der Waals surface area contributed by atoms with Crippen LogP contribution in [0.1, 0.15) is 5.56 Å². The van der Waals surface area contributed by atoms with Gasteiger partial charge in [-0.1, -0.05) is 24.3 Å². The lowest BCUT2D eigenvalue weighted by atomic mass is 10.2. The largest absolute Gasteiger partial charge is 0.488 e. The van der Waals surface area contributed by atoms with Gasteiger partial charge in [0.1, 0.15) is 12.4 Å². The minimum Gasteiger partial charge on any atom is -0.488 e. The van der Waals surface area contributed by atoms with E-state index in [1.54, 1.807) is 24.3 Å². The molecular formula is C10H8ClNO. The second-order valence-electron chi connectivity index (χ2n) is 2.36. The Morgan fingerprint density at radius 3 is 2.92 bits per heavy atom. The standard InChI is InChI=1S/C10H8ClNO/c1-2-5-13-10-4-3-8(7-12)6-9(10)11/h2-4,6H,1,5H2. The van der Waals surface area contributed by atoms with Gasteiger partial charge in [-0.3, -0.25) is 0 Å². The smallest absolute Gasteiger partial charge is 0.138 e. The lowest BCUT2D eigenvalue weighted by molar-refractivity contribution is 0.363. The normalized spacial score (nSPS) is 8.92. The maximum Gasteiger partial charge on any atom is 0.138 e. The van der Waals surface area contributed by atoms with Gasteiger partial charge in [-0.25, -0.2) is 0 Å². The number of ether oxygens (including phenoxy) is 1. The molecule has 66 valence electrons. The highest BCUT2D eigenvalue weighted by molar-refractivity contribution is 6.32. The van der Waals surface area contributed by atoms with Crippen molar-refractivity contribution in [2.45, 2.75) is 0 Å². The first-order valence-corrected chi connectivity index (χ1v) is 4.09. The summed E-state index contributed by atoms with van der Waals surface area (Å²) in [7, 11) is 0. The van der Waals surface area contributed by atoms with Crippen LogP contribution in [0.3, 0.4) is 0 Å². The van der Waals surface area contributed by atoms with E-state index >= 15 is 0 Å². The molecule has 0 saturated carbocycles. The van der Waals surface area contributed by atoms with Crippen LogP contribution in [0.5, 0.6) is 5.75 Å². The first kappa shape index (κ1) is 9.63. The van der Waals surface area contributed by atoms with Crippen LogP contribution >= 0.6 is 11.6 Å². The Labute approximate surface area is 82.0 Å². The van der Waals surface area contributed by atoms with Crippen LogP contribution in [0.15, 0.2) is 30.9 Å². The second kappa shape index (κ2) is 4.54. The molecule has 0 unspecified atom stereocenters. The molecular weight excluding hydrogens is 186 g/mol. The van der Waals surface area contributed by atoms with E-state index in [1.807, 2.05) is 6.07 Å². The van der Waals surface area contributed by atoms with Gasteiger partial charge in [-0.15, -0.1) is 0 Å². The van der Waals surface area contributed by atoms with E-state index in [1.165, 1.54) is 0 Å². The molecule has 0 saturated heterocycles. The van der Waals surface area contributed by atoms with Gasteiger partial charge < -0.3 is 4.74 Å². The molecule has 0 aliphatic carbocycles. The molecule has 1 aromatic rings. The molecule has 1 rings (SSSR count). The minimum absolute atomic E-state index is 0.408. The van der Waals surface area contributed by atoms with E-state index in [2.05, 4.69) is 6.58 Å². The molecule has 0 bridgehead atoms. The van der Waals surface area contributed by atoms with Crippen molar-refractivity contribution in [1.82, 2.24) is 0 Å². The Hall–Kier alpha value is -1.46. The summed E-state index contributed by atoms with van der Waals surface area (Å²) in [5.41, 5.74) is 0.524. The Morgan fingerprint density at radius 1 is 1.62 bits per heavy atom. The molecule has 2 nitrogen and oxygen atoms in total. The molecule has 1 aromatic carbocycles. The van der Waals surface area contributed by atoms with Crippen LogP contribution in [-0.2, 0) is 0 Å². The van der Waals surface area contributed by atoms with Crippen molar-refractivity contribution in [2.24, 2.45) is 0 Å². The SMILES string of the molecule is C=CCOc1ccc(C#N)cc1Cl. The van der Waals surface area contributed by atoms with E-state index in [-0.39, 0.29) is 0 Å². The molecule has 3 heteroatoms. The number of nitrogens with zero attached hydrogens (tertiary/aromatic N) is 1. The molecule has 0 amide bonds. The third-order valence-electron chi connectivity index (χ3n) is 1.42. The summed E-state index contributed by atoms with van der Waals surface area (Å²) in [6.07, 6.45) is 1.63. The fourth-order valence-electron chi connectivity index (χ4n) is 0.836. The maximum absolute atomic E-state index is 8.56. The van der Waals surface area contributed by atoms with Crippen LogP contribution < -0.4 is 4.74 Å². The average Bonchev–Trinajstić information content (AvgIpc) is 2.16. The molecule has 0 atom stereocenters. The summed E-state index contributed by atoms with van der Waals surface area (Å²) in [4.78, 5) is 0. The predicted octanol–water partition coefficient (Wildman–Crippen LogP) is 2.78. The molecule has 0 aromatic heterocycles. The van der Waals surface area contributed by atoms with E-state index in [0.717, 1.165) is 0 Å². The predicted molar refractivity (Wildman–Crippen MR) is 51.9 cm³/mol. The van der Waals surface area contributed by atoms with Crippen LogP contribution in [0, 0.1) is 11.3 Å². The van der Waals surface area contributed by atoms with Crippen LogP contribution in [0.4, 0.5) is 0 Å². The highest BCUT2D eigenvalue weighted by atomic mass is 35.5. The number of benzene rings is 1. The van der Waals surface area contributed by atoms with Crippen LogP contribution in [0.25, 0.3) is 0 Å². The zero-order valence-corrected chi connectivity index (χ0v) is 7.71. The molecule has 0 heterocycles. The molecule has 0 aliphatic heterocycles. The number of hydrogen-bond donors (Lipinski definition) is 0. The summed E-state index contributed by atoms with van der Waals surface area (Å²) in [6, 6.07) is 6.89. The van der Waals surface area contributed by atoms with Crippen molar-refractivity contribution in [1.29, 1.82) is 5.26 Å². The zero-order valence-electron chi connectivity index (χ0n) is 6.96. The van der Waals surface area contributed by atoms with E-state index in [9.17, 15) is 0 Å². The van der Waals surface area contributed by atoms with Crippen molar-refractivity contribution in [3.8, 4) is 11.8 Å². The van der Waals surface area contributed by atoms with E-state index < -0.39 is 0 Å². The summed E-state index contributed by atoms with van der Waals surface area (Å²) >= 11 is 5.83. The van der Waals surface area contributed by atoms with Gasteiger partial charge >= 0.3 is 0 Å². The molecule has 0 N–H and O–H groups in total. The Bertz CT molecular complexity index is 354. The van der Waals surface area contributed by atoms with Crippen LogP contribution in [-0.4, -0.2) is 6.61 Å². The summed E-state index contributed by atoms with van der Waals surface area (Å²) < 4.78 is 5.23. The zero-order chi connectivity index (χ0) is 9.68. The van der Waals surface area contributed by atoms with E-state index in [0.29, 0.717) is 22.9 Å². The van der Waals surface area contributed by atoms with Crippen molar-refractivity contribution in [3.05, 3.63) is 41.4 Å². The monoisotopic (exact) mass is 193 g/mol. The van der Waals surface area contributed by atoms with Gasteiger partial charge in [0.2, 0.25) is 0 Å². The Morgan fingerprint density at radius 2 is 2.38 bits per heavy atom. The van der Waals surface area contributed by atoms with Gasteiger partial charge in [0.05, 0.1) is 16.7 Å². The van der Waals surface area contributed by atoms with Crippen molar-refractivity contribution < 1.29 is 4.74 Å². The first-order valence-electron chi connectivity index (χ1n) is 3.71. The molecule has 0 spiro atoms. The van der Waals surface area contributed by atoms with Gasteiger partial charge in [-0.05, 0) is 18.2 Å². The lowest BCUT2D eigenvalue weighted by Gasteiger charge is -2.04. The minimum atomic E-state index is 0.408. The highest BCUT2D eigenvalue weighted by Crippen LogP contribution is 2.24. The van der Waals surface area contributed by atoms with E-state index in [4.69, 9.17) is 21.6 Å². The number of rotatable bonds is 3.